The van der Waals surface area contributed by atoms with Gasteiger partial charge in [-0.15, -0.1) is 0 Å². The van der Waals surface area contributed by atoms with Crippen LogP contribution in [-0.4, -0.2) is 120 Å². The Morgan fingerprint density at radius 2 is 1.00 bits per heavy atom. The third-order valence-electron chi connectivity index (χ3n) is 5.34. The Hall–Kier alpha value is -2.89. The van der Waals surface area contributed by atoms with Crippen molar-refractivity contribution in [3.63, 3.8) is 0 Å². The summed E-state index contributed by atoms with van der Waals surface area (Å²) in [6.07, 6.45) is -16.2. The van der Waals surface area contributed by atoms with Crippen LogP contribution in [0.15, 0.2) is 0 Å². The number of hydrogen-bond acceptors (Lipinski definition) is 16. The van der Waals surface area contributed by atoms with Crippen LogP contribution >= 0.6 is 0 Å². The molecule has 0 aromatic rings. The van der Waals surface area contributed by atoms with Crippen LogP contribution in [0.3, 0.4) is 0 Å². The molecule has 0 spiro atoms. The Balaban J connectivity index is 2.42. The molecule has 0 radical (unpaired) electrons. The molecule has 0 aromatic carbocycles. The second-order valence-electron chi connectivity index (χ2n) is 8.52. The zero-order valence-corrected chi connectivity index (χ0v) is 21.3. The highest BCUT2D eigenvalue weighted by molar-refractivity contribution is 5.68. The number of ether oxygens (including phenoxy) is 8. The molecule has 2 heterocycles. The fraction of sp³-hybridized carbons (Fsp3) is 0.773. The number of hydrogen-bond donors (Lipinski definition) is 3. The largest absolute Gasteiger partial charge is 0.463 e. The molecule has 16 nitrogen and oxygen atoms in total. The van der Waals surface area contributed by atoms with Gasteiger partial charge in [-0.3, -0.25) is 24.0 Å². The van der Waals surface area contributed by atoms with Crippen molar-refractivity contribution in [3.8, 4) is 0 Å². The standard InChI is InChI=1S/C22H32O16/c1-8(23)31-6-13-15(28)16(29)17(30)21(36-13)38-22-20(35-12(5)27)19(34-11(4)26)18(33-10(3)25)14(37-22)7-32-9(2)24/h13-22,28-30H,6-7H2,1-5H3/t13?,14?,15-,16+,17?,18-,19-,20?,21-,22-/m1/s1. The first-order valence-corrected chi connectivity index (χ1v) is 11.5. The van der Waals surface area contributed by atoms with Gasteiger partial charge in [0.05, 0.1) is 0 Å². The van der Waals surface area contributed by atoms with Gasteiger partial charge in [0, 0.05) is 34.6 Å². The molecule has 10 atom stereocenters. The van der Waals surface area contributed by atoms with Crippen LogP contribution in [0.1, 0.15) is 34.6 Å². The molecule has 2 aliphatic rings. The van der Waals surface area contributed by atoms with Crippen LogP contribution in [0.25, 0.3) is 0 Å². The lowest BCUT2D eigenvalue weighted by Crippen LogP contribution is -2.65. The van der Waals surface area contributed by atoms with Crippen LogP contribution in [0, 0.1) is 0 Å². The van der Waals surface area contributed by atoms with Crippen LogP contribution < -0.4 is 0 Å². The SMILES string of the molecule is CC(=O)OCC1O[C@H](O[C@H]2OC(COC(C)=O)[C@@H](OC(C)=O)[C@@H](OC(C)=O)C2OC(C)=O)C(O)[C@@H](O)[C@@H]1O. The van der Waals surface area contributed by atoms with Gasteiger partial charge in [-0.05, 0) is 0 Å². The van der Waals surface area contributed by atoms with Gasteiger partial charge in [0.15, 0.2) is 24.6 Å². The van der Waals surface area contributed by atoms with E-state index in [-0.39, 0.29) is 0 Å². The van der Waals surface area contributed by atoms with Gasteiger partial charge >= 0.3 is 29.8 Å². The fourth-order valence-electron chi connectivity index (χ4n) is 3.80. The molecule has 2 fully saturated rings. The van der Waals surface area contributed by atoms with E-state index < -0.39 is 104 Å². The molecule has 2 saturated heterocycles. The van der Waals surface area contributed by atoms with Gasteiger partial charge in [0.2, 0.25) is 6.29 Å². The third kappa shape index (κ3) is 8.57. The lowest BCUT2D eigenvalue weighted by Gasteiger charge is -2.46. The summed E-state index contributed by atoms with van der Waals surface area (Å²) < 4.78 is 42.4. The maximum Gasteiger partial charge on any atom is 0.303 e. The predicted octanol–water partition coefficient (Wildman–Crippen LogP) is -2.54. The summed E-state index contributed by atoms with van der Waals surface area (Å²) in [5.41, 5.74) is 0. The Morgan fingerprint density at radius 1 is 0.553 bits per heavy atom. The number of aliphatic hydroxyl groups excluding tert-OH is 3. The van der Waals surface area contributed by atoms with E-state index in [9.17, 15) is 39.3 Å². The summed E-state index contributed by atoms with van der Waals surface area (Å²) in [5, 5.41) is 31.0. The van der Waals surface area contributed by atoms with Gasteiger partial charge in [-0.2, -0.15) is 0 Å². The second-order valence-corrected chi connectivity index (χ2v) is 8.52. The maximum absolute atomic E-state index is 11.9. The Morgan fingerprint density at radius 3 is 1.50 bits per heavy atom. The summed E-state index contributed by atoms with van der Waals surface area (Å²) in [5.74, 6) is -4.03. The fourth-order valence-corrected chi connectivity index (χ4v) is 3.80. The van der Waals surface area contributed by atoms with Gasteiger partial charge in [0.1, 0.15) is 43.7 Å². The highest BCUT2D eigenvalue weighted by atomic mass is 16.8. The molecule has 2 rings (SSSR count). The highest BCUT2D eigenvalue weighted by Crippen LogP contribution is 2.32. The molecule has 3 N–H and O–H groups in total. The monoisotopic (exact) mass is 552 g/mol. The van der Waals surface area contributed by atoms with E-state index in [0.29, 0.717) is 0 Å². The van der Waals surface area contributed by atoms with Crippen molar-refractivity contribution in [2.75, 3.05) is 13.2 Å². The molecule has 0 amide bonds. The summed E-state index contributed by atoms with van der Waals surface area (Å²) in [6.45, 7) is 4.28. The second kappa shape index (κ2) is 13.8. The molecule has 0 aromatic heterocycles. The van der Waals surface area contributed by atoms with Crippen LogP contribution in [0.5, 0.6) is 0 Å². The van der Waals surface area contributed by atoms with E-state index in [1.807, 2.05) is 0 Å². The molecular formula is C22H32O16. The summed E-state index contributed by atoms with van der Waals surface area (Å²) >= 11 is 0. The topological polar surface area (TPSA) is 220 Å². The first-order valence-electron chi connectivity index (χ1n) is 11.5. The van der Waals surface area contributed by atoms with Crippen molar-refractivity contribution in [2.24, 2.45) is 0 Å². The molecule has 4 unspecified atom stereocenters. The van der Waals surface area contributed by atoms with Crippen LogP contribution in [0.2, 0.25) is 0 Å². The van der Waals surface area contributed by atoms with Gasteiger partial charge in [0.25, 0.3) is 0 Å². The number of aliphatic hydroxyl groups is 3. The Labute approximate surface area is 216 Å². The van der Waals surface area contributed by atoms with Gasteiger partial charge < -0.3 is 53.2 Å². The lowest BCUT2D eigenvalue weighted by atomic mass is 9.97. The first-order chi connectivity index (χ1) is 17.7. The van der Waals surface area contributed by atoms with E-state index in [1.54, 1.807) is 0 Å². The molecule has 0 bridgehead atoms. The van der Waals surface area contributed by atoms with Crippen molar-refractivity contribution >= 4 is 29.8 Å². The van der Waals surface area contributed by atoms with Crippen molar-refractivity contribution in [1.29, 1.82) is 0 Å². The molecule has 216 valence electrons. The maximum atomic E-state index is 11.9. The molecule has 16 heteroatoms. The molecule has 38 heavy (non-hydrogen) atoms. The zero-order chi connectivity index (χ0) is 28.7. The lowest BCUT2D eigenvalue weighted by molar-refractivity contribution is -0.377. The summed E-state index contributed by atoms with van der Waals surface area (Å²) in [6, 6.07) is 0. The minimum Gasteiger partial charge on any atom is -0.463 e. The Kier molecular flexibility index (Phi) is 11.4. The van der Waals surface area contributed by atoms with E-state index in [2.05, 4.69) is 0 Å². The predicted molar refractivity (Wildman–Crippen MR) is 116 cm³/mol. The quantitative estimate of drug-likeness (QED) is 0.198. The smallest absolute Gasteiger partial charge is 0.303 e. The van der Waals surface area contributed by atoms with Crippen molar-refractivity contribution in [3.05, 3.63) is 0 Å². The van der Waals surface area contributed by atoms with E-state index in [4.69, 9.17) is 37.9 Å². The average molecular weight is 552 g/mol. The van der Waals surface area contributed by atoms with Crippen molar-refractivity contribution in [2.45, 2.75) is 96.0 Å². The minimum absolute atomic E-state index is 0.515. The number of carbonyl (C=O) groups excluding carboxylic acids is 5. The van der Waals surface area contributed by atoms with Gasteiger partial charge in [-0.1, -0.05) is 0 Å². The molecule has 0 aliphatic carbocycles. The number of carbonyl (C=O) groups is 5. The number of esters is 5. The van der Waals surface area contributed by atoms with Crippen LogP contribution in [0.4, 0.5) is 0 Å². The summed E-state index contributed by atoms with van der Waals surface area (Å²) in [4.78, 5) is 58.2. The zero-order valence-electron chi connectivity index (χ0n) is 21.3. The van der Waals surface area contributed by atoms with Crippen LogP contribution in [-0.2, 0) is 61.9 Å². The third-order valence-corrected chi connectivity index (χ3v) is 5.34. The van der Waals surface area contributed by atoms with Crippen molar-refractivity contribution in [1.82, 2.24) is 0 Å². The number of rotatable bonds is 9. The first kappa shape index (κ1) is 31.3. The minimum atomic E-state index is -1.88. The van der Waals surface area contributed by atoms with Crippen molar-refractivity contribution < 1.29 is 77.2 Å². The van der Waals surface area contributed by atoms with Gasteiger partial charge in [-0.25, -0.2) is 0 Å². The molecule has 2 aliphatic heterocycles. The molecule has 0 saturated carbocycles. The van der Waals surface area contributed by atoms with E-state index in [0.717, 1.165) is 34.6 Å². The molecular weight excluding hydrogens is 520 g/mol. The summed E-state index contributed by atoms with van der Waals surface area (Å²) in [7, 11) is 0. The van der Waals surface area contributed by atoms with E-state index >= 15 is 0 Å². The normalized spacial score (nSPS) is 34.9. The highest BCUT2D eigenvalue weighted by Gasteiger charge is 2.55. The Bertz CT molecular complexity index is 875. The van der Waals surface area contributed by atoms with E-state index in [1.165, 1.54) is 0 Å². The average Bonchev–Trinajstić information content (AvgIpc) is 2.80.